The van der Waals surface area contributed by atoms with Crippen LogP contribution in [-0.4, -0.2) is 35.7 Å². The number of oxazole rings is 1. The summed E-state index contributed by atoms with van der Waals surface area (Å²) < 4.78 is 16.2. The van der Waals surface area contributed by atoms with Crippen molar-refractivity contribution >= 4 is 27.9 Å². The van der Waals surface area contributed by atoms with Gasteiger partial charge in [-0.1, -0.05) is 0 Å². The molecule has 2 heterocycles. The summed E-state index contributed by atoms with van der Waals surface area (Å²) in [6.07, 6.45) is 0.624. The fraction of sp³-hybridized carbons (Fsp3) is 0.400. The van der Waals surface area contributed by atoms with Gasteiger partial charge >= 0.3 is 6.09 Å². The summed E-state index contributed by atoms with van der Waals surface area (Å²) in [6, 6.07) is 3.34. The van der Waals surface area contributed by atoms with Gasteiger partial charge in [0.2, 0.25) is 5.76 Å². The molecule has 0 aliphatic carbocycles. The van der Waals surface area contributed by atoms with E-state index in [9.17, 15) is 9.59 Å². The highest BCUT2D eigenvalue weighted by atomic mass is 79.9. The van der Waals surface area contributed by atoms with Crippen LogP contribution in [-0.2, 0) is 4.74 Å². The number of aromatic nitrogens is 1. The predicted molar refractivity (Wildman–Crippen MR) is 88.5 cm³/mol. The third-order valence-electron chi connectivity index (χ3n) is 2.66. The molecule has 0 fully saturated rings. The minimum absolute atomic E-state index is 0.106. The number of rotatable bonds is 5. The lowest BCUT2D eigenvalue weighted by atomic mass is 10.2. The Hall–Kier alpha value is -2.29. The Morgan fingerprint density at radius 2 is 1.96 bits per heavy atom. The topological polar surface area (TPSA) is 107 Å². The lowest BCUT2D eigenvalue weighted by Crippen LogP contribution is -2.38. The first-order chi connectivity index (χ1) is 11.3. The fourth-order valence-corrected chi connectivity index (χ4v) is 2.06. The molecule has 0 aliphatic heterocycles. The van der Waals surface area contributed by atoms with Crippen LogP contribution in [0, 0.1) is 0 Å². The molecule has 0 unspecified atom stereocenters. The van der Waals surface area contributed by atoms with Gasteiger partial charge in [-0.3, -0.25) is 4.79 Å². The van der Waals surface area contributed by atoms with E-state index in [1.807, 2.05) is 0 Å². The molecule has 0 atom stereocenters. The van der Waals surface area contributed by atoms with Crippen LogP contribution in [0.15, 0.2) is 32.0 Å². The number of halogens is 1. The second kappa shape index (κ2) is 7.52. The van der Waals surface area contributed by atoms with Gasteiger partial charge < -0.3 is 24.2 Å². The van der Waals surface area contributed by atoms with Crippen LogP contribution in [0.4, 0.5) is 4.79 Å². The zero-order valence-corrected chi connectivity index (χ0v) is 15.1. The summed E-state index contributed by atoms with van der Waals surface area (Å²) in [7, 11) is 0. The first-order valence-corrected chi connectivity index (χ1v) is 8.00. The first kappa shape index (κ1) is 18.1. The molecule has 2 N–H and O–H groups in total. The molecule has 2 aromatic rings. The van der Waals surface area contributed by atoms with E-state index in [-0.39, 0.29) is 24.5 Å². The molecule has 2 amide bonds. The molecule has 9 heteroatoms. The van der Waals surface area contributed by atoms with Gasteiger partial charge in [0.15, 0.2) is 22.5 Å². The zero-order valence-electron chi connectivity index (χ0n) is 13.5. The largest absolute Gasteiger partial charge is 0.446 e. The van der Waals surface area contributed by atoms with Crippen LogP contribution in [0.25, 0.3) is 11.5 Å². The van der Waals surface area contributed by atoms with Gasteiger partial charge in [0.25, 0.3) is 5.91 Å². The van der Waals surface area contributed by atoms with E-state index >= 15 is 0 Å². The van der Waals surface area contributed by atoms with Crippen molar-refractivity contribution in [3.63, 3.8) is 0 Å². The number of furan rings is 1. The Kier molecular flexibility index (Phi) is 5.66. The number of nitrogens with one attached hydrogen (secondary N) is 2. The van der Waals surface area contributed by atoms with E-state index in [1.165, 1.54) is 6.39 Å². The predicted octanol–water partition coefficient (Wildman–Crippen LogP) is 2.95. The average molecular weight is 400 g/mol. The van der Waals surface area contributed by atoms with Crippen molar-refractivity contribution in [3.05, 3.63) is 28.9 Å². The molecule has 0 aromatic carbocycles. The van der Waals surface area contributed by atoms with E-state index in [0.717, 1.165) is 0 Å². The van der Waals surface area contributed by atoms with Crippen molar-refractivity contribution < 1.29 is 23.2 Å². The highest BCUT2D eigenvalue weighted by Gasteiger charge is 2.21. The van der Waals surface area contributed by atoms with Crippen molar-refractivity contribution in [2.24, 2.45) is 0 Å². The SMILES string of the molecule is CC(C)(C)OC(=O)NCCNC(=O)c1ncoc1-c1ccc(Br)o1. The monoisotopic (exact) mass is 399 g/mol. The van der Waals surface area contributed by atoms with Crippen molar-refractivity contribution in [3.8, 4) is 11.5 Å². The molecule has 24 heavy (non-hydrogen) atoms. The third kappa shape index (κ3) is 5.12. The number of hydrogen-bond donors (Lipinski definition) is 2. The molecular formula is C15H18BrN3O5. The first-order valence-electron chi connectivity index (χ1n) is 7.20. The molecule has 2 aromatic heterocycles. The zero-order chi connectivity index (χ0) is 17.7. The Bertz CT molecular complexity index is 717. The van der Waals surface area contributed by atoms with Crippen LogP contribution in [0.1, 0.15) is 31.3 Å². The number of amides is 2. The van der Waals surface area contributed by atoms with Crippen LogP contribution in [0.3, 0.4) is 0 Å². The molecule has 8 nitrogen and oxygen atoms in total. The maximum atomic E-state index is 12.1. The second-order valence-corrected chi connectivity index (χ2v) is 6.60. The number of carbonyl (C=O) groups is 2. The van der Waals surface area contributed by atoms with E-state index in [0.29, 0.717) is 10.4 Å². The Morgan fingerprint density at radius 1 is 1.25 bits per heavy atom. The molecule has 2 rings (SSSR count). The minimum atomic E-state index is -0.569. The maximum absolute atomic E-state index is 12.1. The highest BCUT2D eigenvalue weighted by Crippen LogP contribution is 2.27. The molecular weight excluding hydrogens is 382 g/mol. The van der Waals surface area contributed by atoms with E-state index in [2.05, 4.69) is 31.5 Å². The number of nitrogens with zero attached hydrogens (tertiary/aromatic N) is 1. The van der Waals surface area contributed by atoms with Crippen molar-refractivity contribution in [1.82, 2.24) is 15.6 Å². The van der Waals surface area contributed by atoms with Gasteiger partial charge in [-0.2, -0.15) is 0 Å². The van der Waals surface area contributed by atoms with Crippen LogP contribution < -0.4 is 10.6 Å². The van der Waals surface area contributed by atoms with Gasteiger partial charge in [-0.15, -0.1) is 0 Å². The summed E-state index contributed by atoms with van der Waals surface area (Å²) in [5.41, 5.74) is -0.464. The summed E-state index contributed by atoms with van der Waals surface area (Å²) in [5, 5.41) is 5.18. The van der Waals surface area contributed by atoms with Crippen molar-refractivity contribution in [1.29, 1.82) is 0 Å². The van der Waals surface area contributed by atoms with E-state index < -0.39 is 17.6 Å². The molecule has 0 aliphatic rings. The third-order valence-corrected chi connectivity index (χ3v) is 3.08. The fourth-order valence-electron chi connectivity index (χ4n) is 1.76. The van der Waals surface area contributed by atoms with Crippen molar-refractivity contribution in [2.45, 2.75) is 26.4 Å². The van der Waals surface area contributed by atoms with Gasteiger partial charge in [0.05, 0.1) is 0 Å². The molecule has 0 saturated heterocycles. The molecule has 0 bridgehead atoms. The number of alkyl carbamates (subject to hydrolysis) is 1. The molecule has 0 spiro atoms. The lowest BCUT2D eigenvalue weighted by molar-refractivity contribution is 0.0526. The summed E-state index contributed by atoms with van der Waals surface area (Å²) in [5.74, 6) is 0.187. The van der Waals surface area contributed by atoms with Gasteiger partial charge in [-0.05, 0) is 48.8 Å². The quantitative estimate of drug-likeness (QED) is 0.748. The van der Waals surface area contributed by atoms with Gasteiger partial charge in [0, 0.05) is 13.1 Å². The number of carbonyl (C=O) groups excluding carboxylic acids is 2. The minimum Gasteiger partial charge on any atom is -0.446 e. The summed E-state index contributed by atoms with van der Waals surface area (Å²) in [6.45, 7) is 5.75. The standard InChI is InChI=1S/C15H18BrN3O5/c1-15(2,3)24-14(21)18-7-6-17-13(20)11-12(22-8-19-11)9-4-5-10(16)23-9/h4-5,8H,6-7H2,1-3H3,(H,17,20)(H,18,21). The highest BCUT2D eigenvalue weighted by molar-refractivity contribution is 9.10. The van der Waals surface area contributed by atoms with Gasteiger partial charge in [0.1, 0.15) is 5.60 Å². The Morgan fingerprint density at radius 3 is 2.58 bits per heavy atom. The summed E-state index contributed by atoms with van der Waals surface area (Å²) in [4.78, 5) is 27.5. The molecule has 0 radical (unpaired) electrons. The van der Waals surface area contributed by atoms with E-state index in [1.54, 1.807) is 32.9 Å². The number of hydrogen-bond acceptors (Lipinski definition) is 6. The number of ether oxygens (including phenoxy) is 1. The van der Waals surface area contributed by atoms with E-state index in [4.69, 9.17) is 13.6 Å². The Balaban J connectivity index is 1.84. The smallest absolute Gasteiger partial charge is 0.407 e. The maximum Gasteiger partial charge on any atom is 0.407 e. The van der Waals surface area contributed by atoms with Crippen LogP contribution in [0.5, 0.6) is 0 Å². The molecule has 0 saturated carbocycles. The van der Waals surface area contributed by atoms with Crippen LogP contribution >= 0.6 is 15.9 Å². The van der Waals surface area contributed by atoms with Gasteiger partial charge in [-0.25, -0.2) is 9.78 Å². The summed E-state index contributed by atoms with van der Waals surface area (Å²) >= 11 is 3.18. The van der Waals surface area contributed by atoms with Crippen LogP contribution in [0.2, 0.25) is 0 Å². The average Bonchev–Trinajstić information content (AvgIpc) is 3.09. The normalized spacial score (nSPS) is 11.2. The molecule has 130 valence electrons. The second-order valence-electron chi connectivity index (χ2n) is 5.82. The Labute approximate surface area is 147 Å². The lowest BCUT2D eigenvalue weighted by Gasteiger charge is -2.19. The van der Waals surface area contributed by atoms with Crippen molar-refractivity contribution in [2.75, 3.05) is 13.1 Å².